The lowest BCUT2D eigenvalue weighted by atomic mass is 9.81. The van der Waals surface area contributed by atoms with Crippen molar-refractivity contribution >= 4 is 12.1 Å². The Hall–Kier alpha value is -1.84. The largest absolute Gasteiger partial charge is 0.298 e. The lowest BCUT2D eigenvalue weighted by molar-refractivity contribution is -0.125. The predicted molar refractivity (Wildman–Crippen MR) is 56.7 cm³/mol. The normalized spacial score (nSPS) is 27.6. The number of nitrogens with one attached hydrogen (secondary N) is 2. The molecule has 76 valence electrons. The van der Waals surface area contributed by atoms with Gasteiger partial charge in [0, 0.05) is 12.4 Å². The summed E-state index contributed by atoms with van der Waals surface area (Å²) >= 11 is 0. The van der Waals surface area contributed by atoms with Gasteiger partial charge >= 0.3 is 0 Å². The minimum absolute atomic E-state index is 0.0181. The summed E-state index contributed by atoms with van der Waals surface area (Å²) in [5.74, 6) is 0.0403. The minimum atomic E-state index is -0.0181. The number of hydrogen-bond acceptors (Lipinski definition) is 3. The maximum atomic E-state index is 11.7. The van der Waals surface area contributed by atoms with E-state index in [0.29, 0.717) is 0 Å². The first kappa shape index (κ1) is 8.47. The number of amides is 1. The lowest BCUT2D eigenvalue weighted by Crippen LogP contribution is -2.47. The number of hydrazine groups is 1. The summed E-state index contributed by atoms with van der Waals surface area (Å²) in [6.45, 7) is 0. The van der Waals surface area contributed by atoms with E-state index in [-0.39, 0.29) is 11.8 Å². The van der Waals surface area contributed by atoms with Gasteiger partial charge in [0.05, 0.1) is 11.6 Å². The van der Waals surface area contributed by atoms with E-state index in [4.69, 9.17) is 0 Å². The summed E-state index contributed by atoms with van der Waals surface area (Å²) in [6, 6.07) is 0. The first-order chi connectivity index (χ1) is 7.36. The highest BCUT2D eigenvalue weighted by Crippen LogP contribution is 2.34. The van der Waals surface area contributed by atoms with Crippen LogP contribution < -0.4 is 10.9 Å². The average molecular weight is 201 g/mol. The fourth-order valence-corrected chi connectivity index (χ4v) is 2.24. The number of hydrogen-bond donors (Lipinski definition) is 2. The Kier molecular flexibility index (Phi) is 1.74. The molecule has 1 atom stereocenters. The SMILES string of the molecule is O=C1NNC2=C3C(=CCCC13)C=NC=C2. The van der Waals surface area contributed by atoms with Crippen molar-refractivity contribution in [3.05, 3.63) is 35.2 Å². The van der Waals surface area contributed by atoms with Crippen molar-refractivity contribution < 1.29 is 4.79 Å². The lowest BCUT2D eigenvalue weighted by Gasteiger charge is -2.30. The van der Waals surface area contributed by atoms with Crippen LogP contribution in [0.5, 0.6) is 0 Å². The van der Waals surface area contributed by atoms with Crippen LogP contribution in [-0.4, -0.2) is 12.1 Å². The van der Waals surface area contributed by atoms with Gasteiger partial charge in [-0.2, -0.15) is 0 Å². The maximum Gasteiger partial charge on any atom is 0.245 e. The van der Waals surface area contributed by atoms with Crippen LogP contribution in [0.1, 0.15) is 12.8 Å². The van der Waals surface area contributed by atoms with Gasteiger partial charge in [0.15, 0.2) is 0 Å². The number of allylic oxidation sites excluding steroid dienone is 3. The van der Waals surface area contributed by atoms with Crippen LogP contribution in [0.25, 0.3) is 0 Å². The molecule has 1 unspecified atom stereocenters. The average Bonchev–Trinajstić information content (AvgIpc) is 2.47. The van der Waals surface area contributed by atoms with Crippen molar-refractivity contribution in [2.24, 2.45) is 10.9 Å². The monoisotopic (exact) mass is 201 g/mol. The molecule has 0 saturated heterocycles. The van der Waals surface area contributed by atoms with E-state index in [9.17, 15) is 4.79 Å². The molecule has 0 radical (unpaired) electrons. The van der Waals surface area contributed by atoms with Gasteiger partial charge in [0.1, 0.15) is 0 Å². The Morgan fingerprint density at radius 3 is 3.27 bits per heavy atom. The van der Waals surface area contributed by atoms with Gasteiger partial charge in [0.25, 0.3) is 0 Å². The molecule has 0 aromatic rings. The molecule has 4 heteroatoms. The molecule has 4 nitrogen and oxygen atoms in total. The van der Waals surface area contributed by atoms with Crippen molar-refractivity contribution in [3.63, 3.8) is 0 Å². The Labute approximate surface area is 87.4 Å². The second-order valence-corrected chi connectivity index (χ2v) is 3.82. The fourth-order valence-electron chi connectivity index (χ4n) is 2.24. The van der Waals surface area contributed by atoms with Crippen molar-refractivity contribution in [1.29, 1.82) is 0 Å². The van der Waals surface area contributed by atoms with E-state index in [1.807, 2.05) is 12.3 Å². The highest BCUT2D eigenvalue weighted by molar-refractivity contribution is 5.94. The zero-order chi connectivity index (χ0) is 10.3. The van der Waals surface area contributed by atoms with Crippen LogP contribution in [0.4, 0.5) is 0 Å². The van der Waals surface area contributed by atoms with E-state index in [1.54, 1.807) is 6.20 Å². The first-order valence-electron chi connectivity index (χ1n) is 5.06. The highest BCUT2D eigenvalue weighted by Gasteiger charge is 2.32. The molecular formula is C11H11N3O. The van der Waals surface area contributed by atoms with Gasteiger partial charge < -0.3 is 0 Å². The zero-order valence-corrected chi connectivity index (χ0v) is 8.16. The van der Waals surface area contributed by atoms with E-state index in [0.717, 1.165) is 29.7 Å². The van der Waals surface area contributed by atoms with Crippen molar-refractivity contribution in [2.45, 2.75) is 12.8 Å². The van der Waals surface area contributed by atoms with Crippen LogP contribution in [0, 0.1) is 5.92 Å². The molecule has 0 fully saturated rings. The van der Waals surface area contributed by atoms with Gasteiger partial charge in [-0.1, -0.05) is 6.08 Å². The van der Waals surface area contributed by atoms with Gasteiger partial charge in [-0.05, 0) is 30.1 Å². The molecular weight excluding hydrogens is 190 g/mol. The van der Waals surface area contributed by atoms with Crippen molar-refractivity contribution in [3.8, 4) is 0 Å². The molecule has 0 spiro atoms. The molecule has 3 rings (SSSR count). The van der Waals surface area contributed by atoms with E-state index in [1.165, 1.54) is 0 Å². The third kappa shape index (κ3) is 1.21. The molecule has 2 N–H and O–H groups in total. The first-order valence-corrected chi connectivity index (χ1v) is 5.06. The molecule has 1 amide bonds. The van der Waals surface area contributed by atoms with Crippen LogP contribution >= 0.6 is 0 Å². The summed E-state index contributed by atoms with van der Waals surface area (Å²) in [4.78, 5) is 15.8. The molecule has 2 aliphatic heterocycles. The standard InChI is InChI=1S/C11H11N3O/c15-11-8-3-1-2-7-6-12-5-4-9(10(7)8)13-14-11/h2,4-6,8,13H,1,3H2,(H,14,15). The number of carbonyl (C=O) groups is 1. The van der Waals surface area contributed by atoms with Crippen molar-refractivity contribution in [1.82, 2.24) is 10.9 Å². The fraction of sp³-hybridized carbons (Fsp3) is 0.273. The number of aliphatic imine (C=N–C) groups is 1. The minimum Gasteiger partial charge on any atom is -0.298 e. The number of rotatable bonds is 0. The Morgan fingerprint density at radius 2 is 2.33 bits per heavy atom. The van der Waals surface area contributed by atoms with Crippen LogP contribution in [0.15, 0.2) is 40.2 Å². The molecule has 0 bridgehead atoms. The zero-order valence-electron chi connectivity index (χ0n) is 8.16. The van der Waals surface area contributed by atoms with Crippen molar-refractivity contribution in [2.75, 3.05) is 0 Å². The summed E-state index contributed by atoms with van der Waals surface area (Å²) in [5, 5.41) is 0. The van der Waals surface area contributed by atoms with E-state index >= 15 is 0 Å². The second kappa shape index (κ2) is 3.08. The molecule has 2 heterocycles. The molecule has 1 aliphatic carbocycles. The van der Waals surface area contributed by atoms with Gasteiger partial charge in [-0.25, -0.2) is 0 Å². The smallest absolute Gasteiger partial charge is 0.245 e. The Bertz CT molecular complexity index is 443. The summed E-state index contributed by atoms with van der Waals surface area (Å²) < 4.78 is 0. The molecule has 0 aromatic carbocycles. The van der Waals surface area contributed by atoms with Crippen LogP contribution in [-0.2, 0) is 4.79 Å². The topological polar surface area (TPSA) is 53.5 Å². The number of nitrogens with zero attached hydrogens (tertiary/aromatic N) is 1. The van der Waals surface area contributed by atoms with Gasteiger partial charge in [0.2, 0.25) is 5.91 Å². The summed E-state index contributed by atoms with van der Waals surface area (Å²) in [6.07, 6.45) is 9.43. The maximum absolute atomic E-state index is 11.7. The Morgan fingerprint density at radius 1 is 1.40 bits per heavy atom. The molecule has 0 saturated carbocycles. The summed E-state index contributed by atoms with van der Waals surface area (Å²) in [5.41, 5.74) is 8.72. The molecule has 3 aliphatic rings. The third-order valence-corrected chi connectivity index (χ3v) is 2.95. The number of carbonyl (C=O) groups excluding carboxylic acids is 1. The van der Waals surface area contributed by atoms with Gasteiger partial charge in [-0.15, -0.1) is 0 Å². The quantitative estimate of drug-likeness (QED) is 0.609. The Balaban J connectivity index is 2.19. The third-order valence-electron chi connectivity index (χ3n) is 2.95. The van der Waals surface area contributed by atoms with E-state index in [2.05, 4.69) is 21.9 Å². The predicted octanol–water partition coefficient (Wildman–Crippen LogP) is 0.809. The molecule has 0 aromatic heterocycles. The summed E-state index contributed by atoms with van der Waals surface area (Å²) in [7, 11) is 0. The van der Waals surface area contributed by atoms with Crippen LogP contribution in [0.2, 0.25) is 0 Å². The van der Waals surface area contributed by atoms with Gasteiger partial charge in [-0.3, -0.25) is 20.6 Å². The highest BCUT2D eigenvalue weighted by atomic mass is 16.2. The van der Waals surface area contributed by atoms with E-state index < -0.39 is 0 Å². The molecule has 15 heavy (non-hydrogen) atoms. The second-order valence-electron chi connectivity index (χ2n) is 3.82. The van der Waals surface area contributed by atoms with Crippen LogP contribution in [0.3, 0.4) is 0 Å².